The fourth-order valence-corrected chi connectivity index (χ4v) is 13.2. The van der Waals surface area contributed by atoms with Crippen molar-refractivity contribution in [2.24, 2.45) is 5.92 Å². The number of aromatic nitrogens is 1. The number of pyridine rings is 1. The van der Waals surface area contributed by atoms with E-state index in [1.54, 1.807) is 42.3 Å². The summed E-state index contributed by atoms with van der Waals surface area (Å²) in [6.45, 7) is 7.47. The highest BCUT2D eigenvalue weighted by molar-refractivity contribution is 6.91. The van der Waals surface area contributed by atoms with E-state index in [9.17, 15) is 14.7 Å². The number of aliphatic hydroxyl groups excluding tert-OH is 1. The summed E-state index contributed by atoms with van der Waals surface area (Å²) in [5.74, 6) is 1.07. The molecule has 0 unspecified atom stereocenters. The minimum atomic E-state index is -2.49. The van der Waals surface area contributed by atoms with Gasteiger partial charge in [0.15, 0.2) is 11.4 Å². The van der Waals surface area contributed by atoms with E-state index >= 15 is 4.79 Å². The summed E-state index contributed by atoms with van der Waals surface area (Å²) in [6, 6.07) is 24.5. The molecule has 0 radical (unpaired) electrons. The van der Waals surface area contributed by atoms with Crippen LogP contribution in [0.3, 0.4) is 0 Å². The number of anilines is 1. The summed E-state index contributed by atoms with van der Waals surface area (Å²) in [5, 5.41) is 11.2. The van der Waals surface area contributed by atoms with Crippen LogP contribution in [0.5, 0.6) is 17.2 Å². The van der Waals surface area contributed by atoms with Crippen LogP contribution in [0.15, 0.2) is 89.9 Å². The molecule has 3 aromatic carbocycles. The molecule has 54 heavy (non-hydrogen) atoms. The molecular formula is C42H49N3O8Si. The maximum Gasteiger partial charge on any atom is 0.297 e. The zero-order chi connectivity index (χ0) is 38.4. The molecule has 12 heteroatoms. The number of benzene rings is 3. The largest absolute Gasteiger partial charge is 0.497 e. The highest BCUT2D eigenvalue weighted by Gasteiger charge is 2.66. The molecular weight excluding hydrogens is 703 g/mol. The molecule has 1 aromatic heterocycles. The number of ether oxygens (including phenoxy) is 4. The van der Waals surface area contributed by atoms with E-state index in [1.165, 1.54) is 16.9 Å². The molecule has 2 amide bonds. The zero-order valence-electron chi connectivity index (χ0n) is 31.8. The SMILES string of the molecule is COc1ccc([Si](C)(C)[C@H]2[C@H](CC(=O)N3CCC[C@H]3CO)O[C@@]3(C(=O)N(Cc4ccc(-n5cccc(OC)c5=O)cc4)c4ccc(OC)cc43)[C@@H]2C)cc1. The van der Waals surface area contributed by atoms with Crippen molar-refractivity contribution in [3.8, 4) is 22.9 Å². The van der Waals surface area contributed by atoms with Crippen LogP contribution < -0.4 is 29.9 Å². The van der Waals surface area contributed by atoms with Gasteiger partial charge in [0, 0.05) is 29.9 Å². The first-order valence-corrected chi connectivity index (χ1v) is 21.6. The van der Waals surface area contributed by atoms with Crippen LogP contribution >= 0.6 is 0 Å². The fraction of sp³-hybridized carbons (Fsp3) is 0.405. The predicted octanol–water partition coefficient (Wildman–Crippen LogP) is 5.00. The average Bonchev–Trinajstić information content (AvgIpc) is 3.85. The highest BCUT2D eigenvalue weighted by atomic mass is 28.3. The molecule has 0 aliphatic carbocycles. The Morgan fingerprint density at radius 3 is 2.31 bits per heavy atom. The summed E-state index contributed by atoms with van der Waals surface area (Å²) in [7, 11) is 2.23. The lowest BCUT2D eigenvalue weighted by molar-refractivity contribution is -0.150. The van der Waals surface area contributed by atoms with Crippen LogP contribution in [0.1, 0.15) is 37.3 Å². The Morgan fingerprint density at radius 1 is 0.944 bits per heavy atom. The molecule has 2 saturated heterocycles. The topological polar surface area (TPSA) is 120 Å². The third kappa shape index (κ3) is 6.19. The van der Waals surface area contributed by atoms with E-state index in [1.807, 2.05) is 54.6 Å². The highest BCUT2D eigenvalue weighted by Crippen LogP contribution is 2.60. The molecule has 4 heterocycles. The number of fused-ring (bicyclic) bond motifs is 2. The van der Waals surface area contributed by atoms with Crippen molar-refractivity contribution in [3.05, 3.63) is 107 Å². The lowest BCUT2D eigenvalue weighted by atomic mass is 9.82. The zero-order valence-corrected chi connectivity index (χ0v) is 32.8. The Hall–Kier alpha value is -4.91. The van der Waals surface area contributed by atoms with Gasteiger partial charge in [-0.05, 0) is 78.5 Å². The summed E-state index contributed by atoms with van der Waals surface area (Å²) in [5.41, 5.74) is 1.24. The Labute approximate surface area is 317 Å². The molecule has 0 bridgehead atoms. The monoisotopic (exact) mass is 751 g/mol. The summed E-state index contributed by atoms with van der Waals surface area (Å²) in [4.78, 5) is 45.8. The number of likely N-dealkylation sites (tertiary alicyclic amines) is 1. The number of nitrogens with zero attached hydrogens (tertiary/aromatic N) is 3. The molecule has 5 atom stereocenters. The Bertz CT molecular complexity index is 2080. The number of carbonyl (C=O) groups excluding carboxylic acids is 2. The molecule has 7 rings (SSSR count). The van der Waals surface area contributed by atoms with E-state index in [2.05, 4.69) is 32.2 Å². The Balaban J connectivity index is 1.28. The van der Waals surface area contributed by atoms with Gasteiger partial charge >= 0.3 is 0 Å². The van der Waals surface area contributed by atoms with Crippen LogP contribution in [0.4, 0.5) is 5.69 Å². The third-order valence-electron chi connectivity index (χ3n) is 12.0. The number of hydrogen-bond donors (Lipinski definition) is 1. The van der Waals surface area contributed by atoms with Crippen molar-refractivity contribution in [1.29, 1.82) is 0 Å². The van der Waals surface area contributed by atoms with Crippen LogP contribution in [0, 0.1) is 5.92 Å². The Morgan fingerprint density at radius 2 is 1.65 bits per heavy atom. The van der Waals surface area contributed by atoms with Gasteiger partial charge in [0.2, 0.25) is 5.91 Å². The van der Waals surface area contributed by atoms with Gasteiger partial charge in [-0.3, -0.25) is 19.0 Å². The fourth-order valence-electron chi connectivity index (χ4n) is 9.20. The third-order valence-corrected chi connectivity index (χ3v) is 16.4. The molecule has 3 aliphatic rings. The van der Waals surface area contributed by atoms with E-state index < -0.39 is 19.8 Å². The second-order valence-electron chi connectivity index (χ2n) is 15.1. The van der Waals surface area contributed by atoms with Gasteiger partial charge in [-0.15, -0.1) is 0 Å². The molecule has 0 saturated carbocycles. The van der Waals surface area contributed by atoms with Gasteiger partial charge < -0.3 is 33.9 Å². The molecule has 1 N–H and O–H groups in total. The van der Waals surface area contributed by atoms with Crippen LogP contribution in [-0.4, -0.2) is 81.1 Å². The summed E-state index contributed by atoms with van der Waals surface area (Å²) < 4.78 is 25.1. The van der Waals surface area contributed by atoms with E-state index in [0.717, 1.165) is 35.4 Å². The van der Waals surface area contributed by atoms with Crippen molar-refractivity contribution in [3.63, 3.8) is 0 Å². The second kappa shape index (κ2) is 14.7. The van der Waals surface area contributed by atoms with Crippen molar-refractivity contribution < 1.29 is 33.6 Å². The normalized spacial score (nSPS) is 23.6. The van der Waals surface area contributed by atoms with E-state index in [-0.39, 0.29) is 60.2 Å². The molecule has 2 fully saturated rings. The minimum Gasteiger partial charge on any atom is -0.497 e. The van der Waals surface area contributed by atoms with Crippen molar-refractivity contribution in [2.45, 2.75) is 69.1 Å². The summed E-state index contributed by atoms with van der Waals surface area (Å²) >= 11 is 0. The first kappa shape index (κ1) is 37.4. The van der Waals surface area contributed by atoms with Crippen molar-refractivity contribution in [1.82, 2.24) is 9.47 Å². The maximum absolute atomic E-state index is 15.3. The number of aliphatic hydroxyl groups is 1. The first-order valence-electron chi connectivity index (χ1n) is 18.6. The quantitative estimate of drug-likeness (QED) is 0.213. The molecule has 3 aliphatic heterocycles. The summed E-state index contributed by atoms with van der Waals surface area (Å²) in [6.07, 6.45) is 2.85. The maximum atomic E-state index is 15.3. The molecule has 284 valence electrons. The molecule has 11 nitrogen and oxygen atoms in total. The van der Waals surface area contributed by atoms with E-state index in [4.69, 9.17) is 18.9 Å². The van der Waals surface area contributed by atoms with E-state index in [0.29, 0.717) is 18.0 Å². The van der Waals surface area contributed by atoms with Gasteiger partial charge in [-0.25, -0.2) is 0 Å². The van der Waals surface area contributed by atoms with Crippen LogP contribution in [-0.2, 0) is 26.5 Å². The first-order chi connectivity index (χ1) is 26.0. The van der Waals surface area contributed by atoms with Crippen LogP contribution in [0.25, 0.3) is 5.69 Å². The number of amides is 2. The number of methoxy groups -OCH3 is 3. The smallest absolute Gasteiger partial charge is 0.297 e. The van der Waals surface area contributed by atoms with Gasteiger partial charge in [-0.2, -0.15) is 0 Å². The van der Waals surface area contributed by atoms with Gasteiger partial charge in [0.05, 0.1) is 66.8 Å². The van der Waals surface area contributed by atoms with Crippen molar-refractivity contribution in [2.75, 3.05) is 39.4 Å². The Kier molecular flexibility index (Phi) is 10.2. The number of carbonyl (C=O) groups is 2. The van der Waals surface area contributed by atoms with Gasteiger partial charge in [-0.1, -0.05) is 49.5 Å². The van der Waals surface area contributed by atoms with Crippen molar-refractivity contribution >= 4 is 30.8 Å². The predicted molar refractivity (Wildman–Crippen MR) is 209 cm³/mol. The molecule has 4 aromatic rings. The lowest BCUT2D eigenvalue weighted by Crippen LogP contribution is -2.52. The minimum absolute atomic E-state index is 0.0614. The van der Waals surface area contributed by atoms with Gasteiger partial charge in [0.1, 0.15) is 11.5 Å². The number of rotatable bonds is 11. The molecule has 1 spiro atoms. The standard InChI is InChI=1S/C42H49N3O8Si/c1-27-39(54(5,6)33-18-15-31(50-2)16-19-33)37(24-38(47)43-21-7-9-30(43)26-46)53-42(27)34-23-32(51-3)17-20-35(34)45(41(42)49)25-28-11-13-29(14-12-28)44-22-8-10-36(52-4)40(44)48/h8,10-20,22-23,27,30,37,39,46H,7,9,21,24-26H2,1-6H3/t27-,30+,37+,39-,42+/m1/s1. The second-order valence-corrected chi connectivity index (χ2v) is 19.8. The van der Waals surface area contributed by atoms with Gasteiger partial charge in [0.25, 0.3) is 11.5 Å². The average molecular weight is 752 g/mol. The lowest BCUT2D eigenvalue weighted by Gasteiger charge is -2.37. The van der Waals surface area contributed by atoms with Crippen LogP contribution in [0.2, 0.25) is 18.6 Å². The number of hydrogen-bond acceptors (Lipinski definition) is 8.